The van der Waals surface area contributed by atoms with Gasteiger partial charge in [0.25, 0.3) is 0 Å². The summed E-state index contributed by atoms with van der Waals surface area (Å²) >= 11 is 0. The molecule has 0 saturated carbocycles. The number of carbonyl (C=O) groups is 1. The summed E-state index contributed by atoms with van der Waals surface area (Å²) in [6.07, 6.45) is 2.72. The predicted octanol–water partition coefficient (Wildman–Crippen LogP) is 3.12. The fraction of sp³-hybridized carbons (Fsp3) is 0.174. The van der Waals surface area contributed by atoms with Crippen LogP contribution in [0.5, 0.6) is 5.75 Å². The monoisotopic (exact) mass is 402 g/mol. The summed E-state index contributed by atoms with van der Waals surface area (Å²) < 4.78 is 8.07. The smallest absolute Gasteiger partial charge is 0.350 e. The lowest BCUT2D eigenvalue weighted by Gasteiger charge is -2.08. The third-order valence-electron chi connectivity index (χ3n) is 4.83. The Hall–Kier alpha value is -3.87. The van der Waals surface area contributed by atoms with E-state index >= 15 is 0 Å². The van der Waals surface area contributed by atoms with Crippen LogP contribution < -0.4 is 15.7 Å². The number of hydrogen-bond acceptors (Lipinski definition) is 4. The maximum Gasteiger partial charge on any atom is 0.350 e. The first kappa shape index (κ1) is 19.4. The van der Waals surface area contributed by atoms with Crippen LogP contribution >= 0.6 is 0 Å². The topological polar surface area (TPSA) is 77.6 Å². The Morgan fingerprint density at radius 3 is 2.63 bits per heavy atom. The first-order valence-corrected chi connectivity index (χ1v) is 9.68. The van der Waals surface area contributed by atoms with E-state index < -0.39 is 0 Å². The number of anilines is 1. The van der Waals surface area contributed by atoms with Gasteiger partial charge in [0.05, 0.1) is 13.7 Å². The SMILES string of the molecule is COc1ccc(CCC(=O)Nc2cccc(Cn3nc4ccccn4c3=O)c2)cc1. The van der Waals surface area contributed by atoms with Crippen LogP contribution in [-0.4, -0.2) is 27.2 Å². The van der Waals surface area contributed by atoms with Crippen LogP contribution in [0.25, 0.3) is 5.65 Å². The second-order valence-corrected chi connectivity index (χ2v) is 6.97. The first-order valence-electron chi connectivity index (χ1n) is 9.68. The van der Waals surface area contributed by atoms with Crippen LogP contribution in [0, 0.1) is 0 Å². The van der Waals surface area contributed by atoms with Gasteiger partial charge in [0.15, 0.2) is 5.65 Å². The van der Waals surface area contributed by atoms with Gasteiger partial charge < -0.3 is 10.1 Å². The molecule has 4 rings (SSSR count). The third-order valence-corrected chi connectivity index (χ3v) is 4.83. The molecule has 30 heavy (non-hydrogen) atoms. The molecule has 2 heterocycles. The summed E-state index contributed by atoms with van der Waals surface area (Å²) in [6.45, 7) is 0.329. The highest BCUT2D eigenvalue weighted by Gasteiger charge is 2.08. The highest BCUT2D eigenvalue weighted by molar-refractivity contribution is 5.90. The van der Waals surface area contributed by atoms with Gasteiger partial charge in [-0.15, -0.1) is 5.10 Å². The number of amides is 1. The summed E-state index contributed by atoms with van der Waals surface area (Å²) in [5.74, 6) is 0.734. The van der Waals surface area contributed by atoms with Crippen molar-refractivity contribution in [2.24, 2.45) is 0 Å². The molecule has 0 fully saturated rings. The van der Waals surface area contributed by atoms with E-state index in [-0.39, 0.29) is 11.6 Å². The lowest BCUT2D eigenvalue weighted by Crippen LogP contribution is -2.21. The Kier molecular flexibility index (Phi) is 5.61. The number of carbonyl (C=O) groups excluding carboxylic acids is 1. The Morgan fingerprint density at radius 1 is 1.03 bits per heavy atom. The normalized spacial score (nSPS) is 10.8. The molecule has 7 nitrogen and oxygen atoms in total. The van der Waals surface area contributed by atoms with Gasteiger partial charge in [-0.05, 0) is 53.9 Å². The van der Waals surface area contributed by atoms with E-state index in [0.29, 0.717) is 30.7 Å². The zero-order chi connectivity index (χ0) is 20.9. The van der Waals surface area contributed by atoms with Gasteiger partial charge in [0.2, 0.25) is 5.91 Å². The molecule has 0 bridgehead atoms. The molecule has 1 N–H and O–H groups in total. The number of benzene rings is 2. The Bertz CT molecular complexity index is 1230. The van der Waals surface area contributed by atoms with Crippen molar-refractivity contribution in [2.75, 3.05) is 12.4 Å². The molecular formula is C23H22N4O3. The number of rotatable bonds is 7. The predicted molar refractivity (Wildman–Crippen MR) is 115 cm³/mol. The quantitative estimate of drug-likeness (QED) is 0.515. The number of hydrogen-bond donors (Lipinski definition) is 1. The van der Waals surface area contributed by atoms with Crippen molar-refractivity contribution in [3.05, 3.63) is 94.5 Å². The summed E-state index contributed by atoms with van der Waals surface area (Å²) in [5.41, 5.74) is 3.06. The molecule has 0 spiro atoms. The van der Waals surface area contributed by atoms with Gasteiger partial charge in [-0.2, -0.15) is 0 Å². The zero-order valence-electron chi connectivity index (χ0n) is 16.6. The zero-order valence-corrected chi connectivity index (χ0v) is 16.6. The highest BCUT2D eigenvalue weighted by Crippen LogP contribution is 2.15. The number of nitrogens with one attached hydrogen (secondary N) is 1. The first-order chi connectivity index (χ1) is 14.6. The van der Waals surface area contributed by atoms with E-state index in [1.165, 1.54) is 9.08 Å². The molecule has 152 valence electrons. The molecule has 1 amide bonds. The van der Waals surface area contributed by atoms with Gasteiger partial charge in [0.1, 0.15) is 5.75 Å². The van der Waals surface area contributed by atoms with Gasteiger partial charge >= 0.3 is 5.69 Å². The van der Waals surface area contributed by atoms with E-state index in [1.54, 1.807) is 25.4 Å². The van der Waals surface area contributed by atoms with Crippen molar-refractivity contribution in [1.29, 1.82) is 0 Å². The number of ether oxygens (including phenoxy) is 1. The maximum absolute atomic E-state index is 12.4. The van der Waals surface area contributed by atoms with Crippen LogP contribution in [0.3, 0.4) is 0 Å². The van der Waals surface area contributed by atoms with Gasteiger partial charge in [-0.1, -0.05) is 30.3 Å². The van der Waals surface area contributed by atoms with Gasteiger partial charge in [-0.25, -0.2) is 9.48 Å². The van der Waals surface area contributed by atoms with Crippen molar-refractivity contribution >= 4 is 17.2 Å². The minimum atomic E-state index is -0.195. The fourth-order valence-electron chi connectivity index (χ4n) is 3.27. The molecule has 0 radical (unpaired) electrons. The standard InChI is InChI=1S/C23H22N4O3/c1-30-20-11-8-17(9-12-20)10-13-22(28)24-19-6-4-5-18(15-19)16-27-23(29)26-14-3-2-7-21(26)25-27/h2-9,11-12,14-15H,10,13,16H2,1H3,(H,24,28). The fourth-order valence-corrected chi connectivity index (χ4v) is 3.27. The number of aromatic nitrogens is 3. The van der Waals surface area contributed by atoms with Crippen molar-refractivity contribution in [2.45, 2.75) is 19.4 Å². The minimum absolute atomic E-state index is 0.0622. The van der Waals surface area contributed by atoms with Crippen molar-refractivity contribution in [3.8, 4) is 5.75 Å². The molecule has 0 unspecified atom stereocenters. The van der Waals surface area contributed by atoms with E-state index in [2.05, 4.69) is 10.4 Å². The molecule has 4 aromatic rings. The summed E-state index contributed by atoms with van der Waals surface area (Å²) in [4.78, 5) is 24.8. The second-order valence-electron chi connectivity index (χ2n) is 6.97. The molecule has 0 aliphatic rings. The number of pyridine rings is 1. The van der Waals surface area contributed by atoms with Crippen molar-refractivity contribution in [3.63, 3.8) is 0 Å². The van der Waals surface area contributed by atoms with Gasteiger partial charge in [0, 0.05) is 18.3 Å². The highest BCUT2D eigenvalue weighted by atomic mass is 16.5. The Morgan fingerprint density at radius 2 is 1.87 bits per heavy atom. The van der Waals surface area contributed by atoms with Crippen LogP contribution in [0.4, 0.5) is 5.69 Å². The number of methoxy groups -OCH3 is 1. The number of nitrogens with zero attached hydrogens (tertiary/aromatic N) is 3. The summed E-state index contributed by atoms with van der Waals surface area (Å²) in [5, 5.41) is 7.27. The molecule has 7 heteroatoms. The molecular weight excluding hydrogens is 380 g/mol. The van der Waals surface area contributed by atoms with Crippen LogP contribution in [0.2, 0.25) is 0 Å². The third kappa shape index (κ3) is 4.41. The van der Waals surface area contributed by atoms with Crippen molar-refractivity contribution < 1.29 is 9.53 Å². The average molecular weight is 402 g/mol. The summed E-state index contributed by atoms with van der Waals surface area (Å²) in [6, 6.07) is 20.6. The second kappa shape index (κ2) is 8.65. The average Bonchev–Trinajstić information content (AvgIpc) is 3.08. The maximum atomic E-state index is 12.4. The van der Waals surface area contributed by atoms with Crippen molar-refractivity contribution in [1.82, 2.24) is 14.2 Å². The lowest BCUT2D eigenvalue weighted by molar-refractivity contribution is -0.116. The van der Waals surface area contributed by atoms with Crippen LogP contribution in [-0.2, 0) is 17.8 Å². The summed E-state index contributed by atoms with van der Waals surface area (Å²) in [7, 11) is 1.63. The molecule has 0 aliphatic carbocycles. The van der Waals surface area contributed by atoms with E-state index in [9.17, 15) is 9.59 Å². The van der Waals surface area contributed by atoms with Crippen LogP contribution in [0.1, 0.15) is 17.5 Å². The Labute approximate surface area is 173 Å². The molecule has 2 aromatic heterocycles. The minimum Gasteiger partial charge on any atom is -0.497 e. The van der Waals surface area contributed by atoms with Gasteiger partial charge in [-0.3, -0.25) is 9.20 Å². The Balaban J connectivity index is 1.39. The van der Waals surface area contributed by atoms with E-state index in [1.807, 2.05) is 54.6 Å². The molecule has 2 aromatic carbocycles. The number of fused-ring (bicyclic) bond motifs is 1. The van der Waals surface area contributed by atoms with E-state index in [4.69, 9.17) is 4.74 Å². The molecule has 0 saturated heterocycles. The number of aryl methyl sites for hydroxylation is 1. The lowest BCUT2D eigenvalue weighted by atomic mass is 10.1. The van der Waals surface area contributed by atoms with E-state index in [0.717, 1.165) is 16.9 Å². The molecule has 0 atom stereocenters. The largest absolute Gasteiger partial charge is 0.497 e. The molecule has 0 aliphatic heterocycles. The van der Waals surface area contributed by atoms with Crippen LogP contribution in [0.15, 0.2) is 77.7 Å².